The molecule has 0 saturated carbocycles. The molecule has 0 aliphatic heterocycles. The minimum Gasteiger partial charge on any atom is -0.396 e. The number of aryl methyl sites for hydroxylation is 1. The highest BCUT2D eigenvalue weighted by molar-refractivity contribution is 5.91. The quantitative estimate of drug-likeness (QED) is 0.782. The van der Waals surface area contributed by atoms with E-state index in [9.17, 15) is 4.79 Å². The summed E-state index contributed by atoms with van der Waals surface area (Å²) in [6.07, 6.45) is 2.81. The second-order valence-corrected chi connectivity index (χ2v) is 4.68. The fourth-order valence-corrected chi connectivity index (χ4v) is 2.19. The van der Waals surface area contributed by atoms with Crippen molar-refractivity contribution in [3.05, 3.63) is 40.7 Å². The Morgan fingerprint density at radius 2 is 2.00 bits per heavy atom. The van der Waals surface area contributed by atoms with E-state index in [4.69, 9.17) is 5.11 Å². The van der Waals surface area contributed by atoms with Crippen molar-refractivity contribution in [3.63, 3.8) is 0 Å². The standard InChI is InChI=1S/C15H20N2O2/c1-17-14-8-4-3-7-12(14)13(11-15(17)19)16-9-5-2-6-10-18/h3-4,7-8,11,16,18H,2,5-6,9-10H2,1H3. The Morgan fingerprint density at radius 3 is 2.79 bits per heavy atom. The molecular formula is C15H20N2O2. The van der Waals surface area contributed by atoms with Gasteiger partial charge in [0.1, 0.15) is 0 Å². The van der Waals surface area contributed by atoms with E-state index >= 15 is 0 Å². The first-order valence-corrected chi connectivity index (χ1v) is 6.67. The fourth-order valence-electron chi connectivity index (χ4n) is 2.19. The monoisotopic (exact) mass is 260 g/mol. The van der Waals surface area contributed by atoms with E-state index in [1.807, 2.05) is 24.3 Å². The number of hydrogen-bond donors (Lipinski definition) is 2. The van der Waals surface area contributed by atoms with Crippen LogP contribution in [0.15, 0.2) is 35.1 Å². The minimum absolute atomic E-state index is 0.00319. The number of anilines is 1. The van der Waals surface area contributed by atoms with Gasteiger partial charge in [0.05, 0.1) is 5.52 Å². The van der Waals surface area contributed by atoms with Crippen molar-refractivity contribution < 1.29 is 5.11 Å². The van der Waals surface area contributed by atoms with Gasteiger partial charge >= 0.3 is 0 Å². The molecule has 0 saturated heterocycles. The summed E-state index contributed by atoms with van der Waals surface area (Å²) < 4.78 is 1.66. The molecule has 0 radical (unpaired) electrons. The summed E-state index contributed by atoms with van der Waals surface area (Å²) >= 11 is 0. The number of hydrogen-bond acceptors (Lipinski definition) is 3. The average Bonchev–Trinajstić information content (AvgIpc) is 2.44. The zero-order valence-electron chi connectivity index (χ0n) is 11.2. The molecule has 2 rings (SSSR count). The second-order valence-electron chi connectivity index (χ2n) is 4.68. The molecule has 0 aliphatic carbocycles. The third-order valence-corrected chi connectivity index (χ3v) is 3.30. The van der Waals surface area contributed by atoms with E-state index in [1.54, 1.807) is 17.7 Å². The number of unbranched alkanes of at least 4 members (excludes halogenated alkanes) is 2. The predicted molar refractivity (Wildman–Crippen MR) is 78.6 cm³/mol. The third-order valence-electron chi connectivity index (χ3n) is 3.30. The number of nitrogens with zero attached hydrogens (tertiary/aromatic N) is 1. The molecule has 2 N–H and O–H groups in total. The first kappa shape index (κ1) is 13.6. The molecule has 0 amide bonds. The van der Waals surface area contributed by atoms with Gasteiger partial charge in [-0.25, -0.2) is 0 Å². The van der Waals surface area contributed by atoms with Gasteiger partial charge in [-0.3, -0.25) is 4.79 Å². The van der Waals surface area contributed by atoms with E-state index < -0.39 is 0 Å². The Balaban J connectivity index is 2.19. The number of pyridine rings is 1. The van der Waals surface area contributed by atoms with Crippen molar-refractivity contribution in [1.82, 2.24) is 4.57 Å². The number of aromatic nitrogens is 1. The topological polar surface area (TPSA) is 54.3 Å². The molecule has 1 aromatic carbocycles. The zero-order chi connectivity index (χ0) is 13.7. The van der Waals surface area contributed by atoms with Crippen LogP contribution in [0.1, 0.15) is 19.3 Å². The molecule has 1 heterocycles. The van der Waals surface area contributed by atoms with Gasteiger partial charge in [-0.2, -0.15) is 0 Å². The maximum atomic E-state index is 11.9. The molecule has 0 fully saturated rings. The van der Waals surface area contributed by atoms with Crippen molar-refractivity contribution in [2.24, 2.45) is 7.05 Å². The average molecular weight is 260 g/mol. The normalized spacial score (nSPS) is 10.8. The SMILES string of the molecule is Cn1c(=O)cc(NCCCCCO)c2ccccc21. The third kappa shape index (κ3) is 3.15. The van der Waals surface area contributed by atoms with Gasteiger partial charge in [-0.15, -0.1) is 0 Å². The maximum absolute atomic E-state index is 11.9. The fraction of sp³-hybridized carbons (Fsp3) is 0.400. The van der Waals surface area contributed by atoms with Gasteiger partial charge in [-0.1, -0.05) is 18.2 Å². The van der Waals surface area contributed by atoms with Gasteiger partial charge in [0.25, 0.3) is 5.56 Å². The lowest BCUT2D eigenvalue weighted by Gasteiger charge is -2.12. The number of para-hydroxylation sites is 1. The maximum Gasteiger partial charge on any atom is 0.252 e. The number of benzene rings is 1. The van der Waals surface area contributed by atoms with Gasteiger partial charge in [0.2, 0.25) is 0 Å². The molecule has 0 aliphatic rings. The van der Waals surface area contributed by atoms with Crippen LogP contribution >= 0.6 is 0 Å². The molecule has 0 spiro atoms. The Morgan fingerprint density at radius 1 is 1.21 bits per heavy atom. The van der Waals surface area contributed by atoms with Crippen LogP contribution in [0.4, 0.5) is 5.69 Å². The first-order chi connectivity index (χ1) is 9.24. The molecule has 4 heteroatoms. The molecule has 19 heavy (non-hydrogen) atoms. The second kappa shape index (κ2) is 6.38. The van der Waals surface area contributed by atoms with Crippen LogP contribution in [0.2, 0.25) is 0 Å². The summed E-state index contributed by atoms with van der Waals surface area (Å²) in [5, 5.41) is 13.1. The highest BCUT2D eigenvalue weighted by Gasteiger charge is 2.05. The first-order valence-electron chi connectivity index (χ1n) is 6.67. The van der Waals surface area contributed by atoms with Crippen LogP contribution in [0.25, 0.3) is 10.9 Å². The van der Waals surface area contributed by atoms with Crippen LogP contribution in [0.5, 0.6) is 0 Å². The Labute approximate surface area is 112 Å². The largest absolute Gasteiger partial charge is 0.396 e. The van der Waals surface area contributed by atoms with Gasteiger partial charge < -0.3 is 15.0 Å². The molecule has 102 valence electrons. The summed E-state index contributed by atoms with van der Waals surface area (Å²) in [5.74, 6) is 0. The van der Waals surface area contributed by atoms with Crippen LogP contribution in [-0.4, -0.2) is 22.8 Å². The highest BCUT2D eigenvalue weighted by atomic mass is 16.2. The van der Waals surface area contributed by atoms with Crippen LogP contribution < -0.4 is 10.9 Å². The predicted octanol–water partition coefficient (Wildman–Crippen LogP) is 2.11. The van der Waals surface area contributed by atoms with Crippen molar-refractivity contribution in [2.75, 3.05) is 18.5 Å². The number of aliphatic hydroxyl groups is 1. The van der Waals surface area contributed by atoms with E-state index in [-0.39, 0.29) is 12.2 Å². The van der Waals surface area contributed by atoms with E-state index in [2.05, 4.69) is 5.32 Å². The molecule has 0 atom stereocenters. The van der Waals surface area contributed by atoms with Gasteiger partial charge in [0, 0.05) is 37.3 Å². The Hall–Kier alpha value is -1.81. The summed E-state index contributed by atoms with van der Waals surface area (Å²) in [4.78, 5) is 11.9. The number of rotatable bonds is 6. The highest BCUT2D eigenvalue weighted by Crippen LogP contribution is 2.20. The number of nitrogens with one attached hydrogen (secondary N) is 1. The lowest BCUT2D eigenvalue weighted by atomic mass is 10.1. The summed E-state index contributed by atoms with van der Waals surface area (Å²) in [7, 11) is 1.79. The lowest BCUT2D eigenvalue weighted by Crippen LogP contribution is -2.17. The van der Waals surface area contributed by atoms with Gasteiger partial charge in [0.15, 0.2) is 0 Å². The number of fused-ring (bicyclic) bond motifs is 1. The smallest absolute Gasteiger partial charge is 0.252 e. The van der Waals surface area contributed by atoms with E-state index in [0.717, 1.165) is 42.4 Å². The lowest BCUT2D eigenvalue weighted by molar-refractivity contribution is 0.283. The molecule has 0 unspecified atom stereocenters. The Kier molecular flexibility index (Phi) is 4.58. The van der Waals surface area contributed by atoms with Crippen LogP contribution in [0, 0.1) is 0 Å². The van der Waals surface area contributed by atoms with Crippen molar-refractivity contribution in [1.29, 1.82) is 0 Å². The molecule has 4 nitrogen and oxygen atoms in total. The van der Waals surface area contributed by atoms with Crippen molar-refractivity contribution in [2.45, 2.75) is 19.3 Å². The Bertz CT molecular complexity index is 605. The summed E-state index contributed by atoms with van der Waals surface area (Å²) in [5.41, 5.74) is 1.83. The number of aliphatic hydroxyl groups excluding tert-OH is 1. The molecule has 1 aromatic heterocycles. The van der Waals surface area contributed by atoms with Gasteiger partial charge in [-0.05, 0) is 25.3 Å². The minimum atomic E-state index is -0.00319. The molecular weight excluding hydrogens is 240 g/mol. The summed E-state index contributed by atoms with van der Waals surface area (Å²) in [6, 6.07) is 9.53. The van der Waals surface area contributed by atoms with Crippen LogP contribution in [0.3, 0.4) is 0 Å². The van der Waals surface area contributed by atoms with E-state index in [0.29, 0.717) is 0 Å². The zero-order valence-corrected chi connectivity index (χ0v) is 11.2. The van der Waals surface area contributed by atoms with Crippen LogP contribution in [-0.2, 0) is 7.05 Å². The molecule has 2 aromatic rings. The summed E-state index contributed by atoms with van der Waals surface area (Å²) in [6.45, 7) is 1.06. The molecule has 0 bridgehead atoms. The van der Waals surface area contributed by atoms with Crippen molar-refractivity contribution >= 4 is 16.6 Å². The van der Waals surface area contributed by atoms with E-state index in [1.165, 1.54) is 0 Å². The van der Waals surface area contributed by atoms with Crippen molar-refractivity contribution in [3.8, 4) is 0 Å².